The second kappa shape index (κ2) is 7.96. The molecular weight excluding hydrogens is 386 g/mol. The van der Waals surface area contributed by atoms with Crippen LogP contribution in [0.2, 0.25) is 0 Å². The number of hydrogen-bond acceptors (Lipinski definition) is 7. The van der Waals surface area contributed by atoms with Crippen LogP contribution in [0.15, 0.2) is 47.3 Å². The van der Waals surface area contributed by atoms with Crippen LogP contribution in [0.4, 0.5) is 11.4 Å². The summed E-state index contributed by atoms with van der Waals surface area (Å²) >= 11 is 0. The molecule has 30 heavy (non-hydrogen) atoms. The van der Waals surface area contributed by atoms with E-state index in [9.17, 15) is 14.9 Å². The third-order valence-electron chi connectivity index (χ3n) is 5.21. The fraction of sp³-hybridized carbons (Fsp3) is 0.238. The minimum atomic E-state index is -0.431. The molecule has 9 nitrogen and oxygen atoms in total. The molecule has 0 amide bonds. The molecule has 1 aliphatic heterocycles. The van der Waals surface area contributed by atoms with E-state index in [1.807, 2.05) is 17.0 Å². The van der Waals surface area contributed by atoms with Crippen LogP contribution in [-0.2, 0) is 19.5 Å². The molecule has 1 aromatic heterocycles. The molecule has 2 heterocycles. The van der Waals surface area contributed by atoms with Crippen molar-refractivity contribution in [3.05, 3.63) is 79.8 Å². The van der Waals surface area contributed by atoms with E-state index in [0.29, 0.717) is 48.7 Å². The van der Waals surface area contributed by atoms with Crippen LogP contribution in [0.3, 0.4) is 0 Å². The fourth-order valence-corrected chi connectivity index (χ4v) is 3.70. The number of nitrogen functional groups attached to an aromatic ring is 1. The predicted octanol–water partition coefficient (Wildman–Crippen LogP) is 2.49. The highest BCUT2D eigenvalue weighted by atomic mass is 16.6. The first-order chi connectivity index (χ1) is 14.5. The van der Waals surface area contributed by atoms with Gasteiger partial charge in [-0.15, -0.1) is 0 Å². The quantitative estimate of drug-likeness (QED) is 0.378. The number of nitro groups is 1. The van der Waals surface area contributed by atoms with E-state index < -0.39 is 4.92 Å². The predicted molar refractivity (Wildman–Crippen MR) is 112 cm³/mol. The molecule has 1 aliphatic rings. The molecule has 0 spiro atoms. The van der Waals surface area contributed by atoms with Crippen LogP contribution >= 0.6 is 0 Å². The summed E-state index contributed by atoms with van der Waals surface area (Å²) in [5.74, 6) is 0.734. The van der Waals surface area contributed by atoms with E-state index in [-0.39, 0.29) is 17.0 Å². The number of anilines is 1. The van der Waals surface area contributed by atoms with Gasteiger partial charge in [0.25, 0.3) is 5.56 Å². The molecule has 3 aromatic rings. The van der Waals surface area contributed by atoms with Crippen molar-refractivity contribution in [2.75, 3.05) is 19.4 Å². The maximum absolute atomic E-state index is 12.7. The standard InChI is InChI=1S/C21H21N5O4/c1-30-18-4-2-3-14(19(18)26(28)29)11-25-10-9-17-16(12-25)21(27)24-20(23-17)13-5-7-15(22)8-6-13/h2-8H,9-12,22H2,1H3,(H,23,24,27). The summed E-state index contributed by atoms with van der Waals surface area (Å²) < 4.78 is 5.14. The topological polar surface area (TPSA) is 127 Å². The Morgan fingerprint density at radius 1 is 1.27 bits per heavy atom. The van der Waals surface area contributed by atoms with Gasteiger partial charge in [0.15, 0.2) is 5.75 Å². The van der Waals surface area contributed by atoms with Gasteiger partial charge in [0, 0.05) is 42.9 Å². The highest BCUT2D eigenvalue weighted by Crippen LogP contribution is 2.32. The van der Waals surface area contributed by atoms with E-state index in [1.165, 1.54) is 7.11 Å². The number of benzene rings is 2. The zero-order valence-electron chi connectivity index (χ0n) is 16.4. The average Bonchev–Trinajstić information content (AvgIpc) is 2.74. The van der Waals surface area contributed by atoms with Crippen molar-refractivity contribution in [2.24, 2.45) is 0 Å². The lowest BCUT2D eigenvalue weighted by Gasteiger charge is -2.27. The lowest BCUT2D eigenvalue weighted by molar-refractivity contribution is -0.386. The third kappa shape index (κ3) is 3.74. The average molecular weight is 407 g/mol. The van der Waals surface area contributed by atoms with Gasteiger partial charge in [0.05, 0.1) is 23.3 Å². The number of aromatic nitrogens is 2. The van der Waals surface area contributed by atoms with Gasteiger partial charge < -0.3 is 15.5 Å². The Kier molecular flexibility index (Phi) is 5.20. The maximum Gasteiger partial charge on any atom is 0.315 e. The molecule has 0 fully saturated rings. The number of nitrogens with one attached hydrogen (secondary N) is 1. The number of ether oxygens (including phenoxy) is 1. The molecular formula is C21H21N5O4. The second-order valence-corrected chi connectivity index (χ2v) is 7.15. The highest BCUT2D eigenvalue weighted by molar-refractivity contribution is 5.59. The number of nitrogens with two attached hydrogens (primary N) is 1. The first-order valence-corrected chi connectivity index (χ1v) is 9.47. The molecule has 2 aromatic carbocycles. The van der Waals surface area contributed by atoms with Gasteiger partial charge in [0.1, 0.15) is 5.82 Å². The van der Waals surface area contributed by atoms with Crippen molar-refractivity contribution in [3.8, 4) is 17.1 Å². The van der Waals surface area contributed by atoms with Crippen LogP contribution < -0.4 is 16.0 Å². The molecule has 3 N–H and O–H groups in total. The van der Waals surface area contributed by atoms with E-state index in [0.717, 1.165) is 11.3 Å². The Morgan fingerprint density at radius 3 is 2.73 bits per heavy atom. The van der Waals surface area contributed by atoms with E-state index >= 15 is 0 Å². The number of H-pyrrole nitrogens is 1. The summed E-state index contributed by atoms with van der Waals surface area (Å²) in [6, 6.07) is 12.2. The number of nitro benzene ring substituents is 1. The van der Waals surface area contributed by atoms with Crippen LogP contribution in [-0.4, -0.2) is 33.4 Å². The van der Waals surface area contributed by atoms with Gasteiger partial charge in [-0.25, -0.2) is 4.98 Å². The summed E-state index contributed by atoms with van der Waals surface area (Å²) in [5.41, 5.74) is 8.80. The minimum Gasteiger partial charge on any atom is -0.490 e. The number of hydrogen-bond donors (Lipinski definition) is 2. The molecule has 154 valence electrons. The molecule has 4 rings (SSSR count). The Labute approximate surface area is 172 Å². The van der Waals surface area contributed by atoms with Crippen molar-refractivity contribution < 1.29 is 9.66 Å². The van der Waals surface area contributed by atoms with Crippen molar-refractivity contribution in [2.45, 2.75) is 19.5 Å². The van der Waals surface area contributed by atoms with Crippen LogP contribution in [0.25, 0.3) is 11.4 Å². The van der Waals surface area contributed by atoms with Crippen LogP contribution in [0.1, 0.15) is 16.8 Å². The summed E-state index contributed by atoms with van der Waals surface area (Å²) in [7, 11) is 1.41. The third-order valence-corrected chi connectivity index (χ3v) is 5.21. The number of para-hydroxylation sites is 1. The first-order valence-electron chi connectivity index (χ1n) is 9.47. The number of fused-ring (bicyclic) bond motifs is 1. The van der Waals surface area contributed by atoms with Crippen molar-refractivity contribution in [1.29, 1.82) is 0 Å². The van der Waals surface area contributed by atoms with Crippen molar-refractivity contribution in [3.63, 3.8) is 0 Å². The number of methoxy groups -OCH3 is 1. The molecule has 0 atom stereocenters. The zero-order chi connectivity index (χ0) is 21.3. The summed E-state index contributed by atoms with van der Waals surface area (Å²) in [5, 5.41) is 11.5. The highest BCUT2D eigenvalue weighted by Gasteiger charge is 2.26. The molecule has 0 aliphatic carbocycles. The lowest BCUT2D eigenvalue weighted by atomic mass is 10.0. The van der Waals surface area contributed by atoms with E-state index in [1.54, 1.807) is 30.3 Å². The summed E-state index contributed by atoms with van der Waals surface area (Å²) in [4.78, 5) is 33.3. The monoisotopic (exact) mass is 407 g/mol. The molecule has 0 bridgehead atoms. The zero-order valence-corrected chi connectivity index (χ0v) is 16.4. The minimum absolute atomic E-state index is 0.0449. The maximum atomic E-state index is 12.7. The Morgan fingerprint density at radius 2 is 2.03 bits per heavy atom. The summed E-state index contributed by atoms with van der Waals surface area (Å²) in [6.45, 7) is 1.35. The summed E-state index contributed by atoms with van der Waals surface area (Å²) in [6.07, 6.45) is 0.582. The van der Waals surface area contributed by atoms with Gasteiger partial charge in [-0.3, -0.25) is 19.8 Å². The van der Waals surface area contributed by atoms with Crippen molar-refractivity contribution in [1.82, 2.24) is 14.9 Å². The Balaban J connectivity index is 1.60. The normalized spacial score (nSPS) is 13.6. The van der Waals surface area contributed by atoms with Gasteiger partial charge in [-0.1, -0.05) is 12.1 Å². The molecule has 9 heteroatoms. The van der Waals surface area contributed by atoms with E-state index in [4.69, 9.17) is 10.5 Å². The lowest BCUT2D eigenvalue weighted by Crippen LogP contribution is -2.35. The smallest absolute Gasteiger partial charge is 0.315 e. The Hall–Kier alpha value is -3.72. The fourth-order valence-electron chi connectivity index (χ4n) is 3.70. The molecule has 0 unspecified atom stereocenters. The molecule has 0 saturated heterocycles. The molecule has 0 saturated carbocycles. The van der Waals surface area contributed by atoms with Crippen LogP contribution in [0.5, 0.6) is 5.75 Å². The second-order valence-electron chi connectivity index (χ2n) is 7.15. The molecule has 0 radical (unpaired) electrons. The van der Waals surface area contributed by atoms with Crippen LogP contribution in [0, 0.1) is 10.1 Å². The Bertz CT molecular complexity index is 1160. The number of rotatable bonds is 5. The van der Waals surface area contributed by atoms with Gasteiger partial charge in [0.2, 0.25) is 0 Å². The van der Waals surface area contributed by atoms with Gasteiger partial charge in [-0.05, 0) is 30.3 Å². The van der Waals surface area contributed by atoms with Gasteiger partial charge >= 0.3 is 5.69 Å². The largest absolute Gasteiger partial charge is 0.490 e. The number of aromatic amines is 1. The van der Waals surface area contributed by atoms with Crippen molar-refractivity contribution >= 4 is 11.4 Å². The van der Waals surface area contributed by atoms with E-state index in [2.05, 4.69) is 9.97 Å². The first kappa shape index (κ1) is 19.6. The SMILES string of the molecule is COc1cccc(CN2CCc3nc(-c4ccc(N)cc4)[nH]c(=O)c3C2)c1[N+](=O)[O-]. The number of nitrogens with zero attached hydrogens (tertiary/aromatic N) is 3. The van der Waals surface area contributed by atoms with Gasteiger partial charge in [-0.2, -0.15) is 0 Å².